The van der Waals surface area contributed by atoms with Crippen molar-refractivity contribution < 1.29 is 0 Å². The van der Waals surface area contributed by atoms with Crippen LogP contribution >= 0.6 is 0 Å². The summed E-state index contributed by atoms with van der Waals surface area (Å²) < 4.78 is 0. The molecule has 1 aromatic carbocycles. The monoisotopic (exact) mass is 421 g/mol. The van der Waals surface area contributed by atoms with Crippen LogP contribution in [-0.4, -0.2) is 0 Å². The Balaban J connectivity index is 1.45. The van der Waals surface area contributed by atoms with E-state index in [2.05, 4.69) is 44.2 Å². The maximum absolute atomic E-state index is 9.90. The molecule has 0 unspecified atom stereocenters. The molecular formula is C30H47N. The minimum atomic E-state index is -0.0287. The number of rotatable bonds is 11. The number of nitriles is 1. The van der Waals surface area contributed by atoms with E-state index in [-0.39, 0.29) is 5.41 Å². The van der Waals surface area contributed by atoms with Gasteiger partial charge in [-0.05, 0) is 86.7 Å². The lowest BCUT2D eigenvalue weighted by Gasteiger charge is -2.35. The van der Waals surface area contributed by atoms with E-state index in [0.717, 1.165) is 31.1 Å². The average molecular weight is 422 g/mol. The minimum Gasteiger partial charge on any atom is -0.198 e. The maximum atomic E-state index is 9.90. The molecule has 2 fully saturated rings. The molecule has 0 saturated heterocycles. The fourth-order valence-electron chi connectivity index (χ4n) is 6.31. The molecule has 0 radical (unpaired) electrons. The van der Waals surface area contributed by atoms with E-state index in [1.54, 1.807) is 5.56 Å². The molecule has 0 amide bonds. The highest BCUT2D eigenvalue weighted by atomic mass is 14.4. The molecule has 3 rings (SSSR count). The second-order valence-electron chi connectivity index (χ2n) is 10.9. The number of nitrogens with zero attached hydrogens (tertiary/aromatic N) is 1. The molecule has 31 heavy (non-hydrogen) atoms. The Morgan fingerprint density at radius 1 is 0.742 bits per heavy atom. The highest BCUT2D eigenvalue weighted by molar-refractivity contribution is 5.29. The van der Waals surface area contributed by atoms with E-state index in [1.165, 1.54) is 95.5 Å². The highest BCUT2D eigenvalue weighted by Crippen LogP contribution is 2.46. The van der Waals surface area contributed by atoms with E-state index >= 15 is 0 Å². The zero-order valence-electron chi connectivity index (χ0n) is 20.5. The van der Waals surface area contributed by atoms with Gasteiger partial charge in [-0.2, -0.15) is 5.26 Å². The van der Waals surface area contributed by atoms with Crippen molar-refractivity contribution in [1.82, 2.24) is 0 Å². The Morgan fingerprint density at radius 3 is 1.84 bits per heavy atom. The topological polar surface area (TPSA) is 23.8 Å². The van der Waals surface area contributed by atoms with Gasteiger partial charge in [0.1, 0.15) is 0 Å². The smallest absolute Gasteiger partial charge is 0.0689 e. The van der Waals surface area contributed by atoms with E-state index in [4.69, 9.17) is 0 Å². The molecular weight excluding hydrogens is 374 g/mol. The number of benzene rings is 1. The van der Waals surface area contributed by atoms with Gasteiger partial charge in [0.2, 0.25) is 0 Å². The summed E-state index contributed by atoms with van der Waals surface area (Å²) in [7, 11) is 0. The number of hydrogen-bond donors (Lipinski definition) is 0. The summed E-state index contributed by atoms with van der Waals surface area (Å²) in [5, 5.41) is 9.90. The first-order chi connectivity index (χ1) is 15.2. The van der Waals surface area contributed by atoms with Crippen molar-refractivity contribution in [3.8, 4) is 6.07 Å². The third-order valence-electron chi connectivity index (χ3n) is 8.63. The van der Waals surface area contributed by atoms with Crippen LogP contribution in [0.2, 0.25) is 0 Å². The zero-order valence-corrected chi connectivity index (χ0v) is 20.5. The zero-order chi connectivity index (χ0) is 21.9. The minimum absolute atomic E-state index is 0.0287. The maximum Gasteiger partial charge on any atom is 0.0689 e. The molecule has 1 aromatic rings. The lowest BCUT2D eigenvalue weighted by molar-refractivity contribution is 0.223. The van der Waals surface area contributed by atoms with Gasteiger partial charge in [0.25, 0.3) is 0 Å². The normalized spacial score (nSPS) is 28.9. The summed E-state index contributed by atoms with van der Waals surface area (Å²) in [5.41, 5.74) is 3.07. The van der Waals surface area contributed by atoms with Gasteiger partial charge < -0.3 is 0 Å². The molecule has 0 N–H and O–H groups in total. The lowest BCUT2D eigenvalue weighted by atomic mass is 9.67. The van der Waals surface area contributed by atoms with Crippen LogP contribution in [0.3, 0.4) is 0 Å². The van der Waals surface area contributed by atoms with Crippen molar-refractivity contribution >= 4 is 0 Å². The van der Waals surface area contributed by atoms with Crippen molar-refractivity contribution in [1.29, 1.82) is 5.26 Å². The first kappa shape index (κ1) is 24.4. The van der Waals surface area contributed by atoms with E-state index in [9.17, 15) is 5.26 Å². The van der Waals surface area contributed by atoms with Crippen molar-refractivity contribution in [2.75, 3.05) is 0 Å². The third kappa shape index (κ3) is 7.10. The van der Waals surface area contributed by atoms with Crippen LogP contribution < -0.4 is 0 Å². The second kappa shape index (κ2) is 12.7. The van der Waals surface area contributed by atoms with Gasteiger partial charge in [-0.1, -0.05) is 89.5 Å². The molecule has 2 aliphatic carbocycles. The van der Waals surface area contributed by atoms with Gasteiger partial charge in [-0.15, -0.1) is 0 Å². The molecule has 0 aromatic heterocycles. The summed E-state index contributed by atoms with van der Waals surface area (Å²) in [6.45, 7) is 4.58. The molecule has 1 heteroatoms. The highest BCUT2D eigenvalue weighted by Gasteiger charge is 2.35. The third-order valence-corrected chi connectivity index (χ3v) is 8.63. The molecule has 2 aliphatic rings. The SMILES string of the molecule is CCCCCCC[C@]1(C#N)CC[C@H](c2ccc([C@H]3CC[C@H](CCCC)CC3)cc2)CC1. The summed E-state index contributed by atoms with van der Waals surface area (Å²) in [6, 6.07) is 12.5. The Kier molecular flexibility index (Phi) is 9.95. The Morgan fingerprint density at radius 2 is 1.29 bits per heavy atom. The number of hydrogen-bond acceptors (Lipinski definition) is 1. The van der Waals surface area contributed by atoms with Gasteiger partial charge in [0.05, 0.1) is 11.5 Å². The van der Waals surface area contributed by atoms with Gasteiger partial charge in [-0.25, -0.2) is 0 Å². The Hall–Kier alpha value is -1.29. The largest absolute Gasteiger partial charge is 0.198 e. The average Bonchev–Trinajstić information content (AvgIpc) is 2.83. The van der Waals surface area contributed by atoms with Crippen LogP contribution in [0.15, 0.2) is 24.3 Å². The number of unbranched alkanes of at least 4 members (excludes halogenated alkanes) is 5. The molecule has 1 nitrogen and oxygen atoms in total. The van der Waals surface area contributed by atoms with Gasteiger partial charge in [-0.3, -0.25) is 0 Å². The van der Waals surface area contributed by atoms with Crippen LogP contribution in [0.25, 0.3) is 0 Å². The summed E-state index contributed by atoms with van der Waals surface area (Å²) in [5.74, 6) is 2.45. The second-order valence-corrected chi connectivity index (χ2v) is 10.9. The van der Waals surface area contributed by atoms with Crippen LogP contribution in [0.4, 0.5) is 0 Å². The predicted molar refractivity (Wildman–Crippen MR) is 133 cm³/mol. The molecule has 172 valence electrons. The van der Waals surface area contributed by atoms with Crippen LogP contribution in [0, 0.1) is 22.7 Å². The Labute approximate surface area is 193 Å². The fraction of sp³-hybridized carbons (Fsp3) is 0.767. The van der Waals surface area contributed by atoms with Crippen molar-refractivity contribution in [3.05, 3.63) is 35.4 Å². The van der Waals surface area contributed by atoms with Gasteiger partial charge >= 0.3 is 0 Å². The quantitative estimate of drug-likeness (QED) is 0.326. The van der Waals surface area contributed by atoms with E-state index in [1.807, 2.05) is 0 Å². The Bertz CT molecular complexity index is 651. The fourth-order valence-corrected chi connectivity index (χ4v) is 6.31. The molecule has 2 saturated carbocycles. The molecule has 0 heterocycles. The predicted octanol–water partition coefficient (Wildman–Crippen LogP) is 9.68. The summed E-state index contributed by atoms with van der Waals surface area (Å²) in [6.07, 6.45) is 22.1. The van der Waals surface area contributed by atoms with Crippen LogP contribution in [-0.2, 0) is 0 Å². The first-order valence-corrected chi connectivity index (χ1v) is 13.7. The molecule has 0 aliphatic heterocycles. The van der Waals surface area contributed by atoms with Gasteiger partial charge in [0.15, 0.2) is 0 Å². The van der Waals surface area contributed by atoms with Gasteiger partial charge in [0, 0.05) is 0 Å². The van der Waals surface area contributed by atoms with E-state index < -0.39 is 0 Å². The molecule has 0 atom stereocenters. The molecule has 0 spiro atoms. The van der Waals surface area contributed by atoms with Crippen LogP contribution in [0.5, 0.6) is 0 Å². The van der Waals surface area contributed by atoms with E-state index in [0.29, 0.717) is 5.92 Å². The van der Waals surface area contributed by atoms with Crippen molar-refractivity contribution in [2.24, 2.45) is 11.3 Å². The summed E-state index contributed by atoms with van der Waals surface area (Å²) in [4.78, 5) is 0. The lowest BCUT2D eigenvalue weighted by Crippen LogP contribution is -2.25. The summed E-state index contributed by atoms with van der Waals surface area (Å²) >= 11 is 0. The first-order valence-electron chi connectivity index (χ1n) is 13.7. The standard InChI is InChI=1S/C30H47N/c1-3-5-7-8-9-21-30(24-31)22-19-29(20-23-30)28-17-15-27(16-18-28)26-13-11-25(12-14-26)10-6-4-2/h15-18,25-26,29H,3-14,19-23H2,1-2H3/t25-,26-,29-,30-. The van der Waals surface area contributed by atoms with Crippen molar-refractivity contribution in [2.45, 2.75) is 135 Å². The van der Waals surface area contributed by atoms with Crippen molar-refractivity contribution in [3.63, 3.8) is 0 Å². The molecule has 0 bridgehead atoms. The van der Waals surface area contributed by atoms with Crippen LogP contribution in [0.1, 0.15) is 146 Å².